The Kier molecular flexibility index (Phi) is 2.11. The van der Waals surface area contributed by atoms with Crippen LogP contribution in [0.5, 0.6) is 0 Å². The van der Waals surface area contributed by atoms with E-state index >= 15 is 0 Å². The quantitative estimate of drug-likeness (QED) is 0.811. The zero-order valence-electron chi connectivity index (χ0n) is 7.05. The SMILES string of the molecule is NC(=O)C1=NCc2ccc(Br)c(F)c21. The summed E-state index contributed by atoms with van der Waals surface area (Å²) in [6.07, 6.45) is 0. The van der Waals surface area contributed by atoms with E-state index in [2.05, 4.69) is 20.9 Å². The number of halogens is 2. The van der Waals surface area contributed by atoms with Crippen LogP contribution in [0.2, 0.25) is 0 Å². The third-order valence-corrected chi connectivity index (χ3v) is 2.67. The van der Waals surface area contributed by atoms with Crippen LogP contribution in [0, 0.1) is 5.82 Å². The predicted octanol–water partition coefficient (Wildman–Crippen LogP) is 1.38. The monoisotopic (exact) mass is 256 g/mol. The molecule has 5 heteroatoms. The Hall–Kier alpha value is -1.23. The Morgan fingerprint density at radius 3 is 2.93 bits per heavy atom. The molecule has 1 aromatic rings. The van der Waals surface area contributed by atoms with Gasteiger partial charge in [-0.25, -0.2) is 4.39 Å². The summed E-state index contributed by atoms with van der Waals surface area (Å²) in [6.45, 7) is 0.317. The first-order valence-corrected chi connectivity index (χ1v) is 4.72. The zero-order chi connectivity index (χ0) is 10.3. The Balaban J connectivity index is 2.65. The van der Waals surface area contributed by atoms with E-state index in [0.29, 0.717) is 16.6 Å². The summed E-state index contributed by atoms with van der Waals surface area (Å²) < 4.78 is 13.9. The van der Waals surface area contributed by atoms with Gasteiger partial charge in [-0.2, -0.15) is 0 Å². The van der Waals surface area contributed by atoms with Crippen LogP contribution in [0.4, 0.5) is 4.39 Å². The topological polar surface area (TPSA) is 55.5 Å². The van der Waals surface area contributed by atoms with E-state index in [0.717, 1.165) is 0 Å². The number of carbonyl (C=O) groups excluding carboxylic acids is 1. The van der Waals surface area contributed by atoms with E-state index in [1.807, 2.05) is 0 Å². The summed E-state index contributed by atoms with van der Waals surface area (Å²) in [5, 5.41) is 0. The summed E-state index contributed by atoms with van der Waals surface area (Å²) in [5.41, 5.74) is 6.03. The first-order valence-electron chi connectivity index (χ1n) is 3.92. The van der Waals surface area contributed by atoms with E-state index in [-0.39, 0.29) is 11.3 Å². The molecule has 0 bridgehead atoms. The highest BCUT2D eigenvalue weighted by molar-refractivity contribution is 9.10. The van der Waals surface area contributed by atoms with Gasteiger partial charge in [-0.05, 0) is 27.6 Å². The number of carbonyl (C=O) groups is 1. The molecule has 0 spiro atoms. The van der Waals surface area contributed by atoms with Crippen LogP contribution in [-0.4, -0.2) is 11.6 Å². The lowest BCUT2D eigenvalue weighted by Gasteiger charge is -2.03. The number of nitrogens with two attached hydrogens (primary N) is 1. The van der Waals surface area contributed by atoms with Gasteiger partial charge in [0.05, 0.1) is 11.0 Å². The van der Waals surface area contributed by atoms with Crippen molar-refractivity contribution < 1.29 is 9.18 Å². The van der Waals surface area contributed by atoms with E-state index < -0.39 is 11.7 Å². The molecular formula is C9H6BrFN2O. The minimum atomic E-state index is -0.694. The maximum Gasteiger partial charge on any atom is 0.267 e. The summed E-state index contributed by atoms with van der Waals surface area (Å²) in [5.74, 6) is -1.17. The average molecular weight is 257 g/mol. The number of fused-ring (bicyclic) bond motifs is 1. The van der Waals surface area contributed by atoms with Gasteiger partial charge in [0.15, 0.2) is 0 Å². The molecule has 2 N–H and O–H groups in total. The van der Waals surface area contributed by atoms with Gasteiger partial charge < -0.3 is 5.73 Å². The molecule has 0 aliphatic carbocycles. The second-order valence-corrected chi connectivity index (χ2v) is 3.78. The minimum absolute atomic E-state index is 0.0267. The average Bonchev–Trinajstić information content (AvgIpc) is 2.55. The van der Waals surface area contributed by atoms with E-state index in [4.69, 9.17) is 5.73 Å². The largest absolute Gasteiger partial charge is 0.364 e. The Labute approximate surface area is 88.0 Å². The van der Waals surface area contributed by atoms with Gasteiger partial charge in [-0.1, -0.05) is 6.07 Å². The molecule has 0 unspecified atom stereocenters. The number of hydrogen-bond acceptors (Lipinski definition) is 2. The molecule has 1 aliphatic rings. The van der Waals surface area contributed by atoms with Crippen molar-refractivity contribution >= 4 is 27.5 Å². The van der Waals surface area contributed by atoms with Gasteiger partial charge in [-0.3, -0.25) is 9.79 Å². The summed E-state index contributed by atoms with van der Waals surface area (Å²) >= 11 is 3.04. The van der Waals surface area contributed by atoms with Gasteiger partial charge in [-0.15, -0.1) is 0 Å². The molecule has 72 valence electrons. The minimum Gasteiger partial charge on any atom is -0.364 e. The van der Waals surface area contributed by atoms with Crippen molar-refractivity contribution in [2.75, 3.05) is 0 Å². The van der Waals surface area contributed by atoms with E-state index in [1.54, 1.807) is 12.1 Å². The highest BCUT2D eigenvalue weighted by Gasteiger charge is 2.25. The van der Waals surface area contributed by atoms with Crippen molar-refractivity contribution in [1.82, 2.24) is 0 Å². The maximum atomic E-state index is 13.6. The summed E-state index contributed by atoms with van der Waals surface area (Å²) in [6, 6.07) is 3.32. The molecule has 3 nitrogen and oxygen atoms in total. The fraction of sp³-hybridized carbons (Fsp3) is 0.111. The number of nitrogens with zero attached hydrogens (tertiary/aromatic N) is 1. The second kappa shape index (κ2) is 3.16. The molecular weight excluding hydrogens is 251 g/mol. The van der Waals surface area contributed by atoms with Crippen LogP contribution >= 0.6 is 15.9 Å². The molecule has 1 amide bonds. The van der Waals surface area contributed by atoms with Crippen molar-refractivity contribution in [3.05, 3.63) is 33.5 Å². The molecule has 0 fully saturated rings. The van der Waals surface area contributed by atoms with Crippen LogP contribution in [0.15, 0.2) is 21.6 Å². The molecule has 0 radical (unpaired) electrons. The molecule has 1 aromatic carbocycles. The molecule has 0 aromatic heterocycles. The first-order chi connectivity index (χ1) is 6.61. The first kappa shape index (κ1) is 9.33. The molecule has 14 heavy (non-hydrogen) atoms. The lowest BCUT2D eigenvalue weighted by Crippen LogP contribution is -2.23. The normalized spacial score (nSPS) is 13.7. The van der Waals surface area contributed by atoms with Crippen LogP contribution in [0.25, 0.3) is 0 Å². The van der Waals surface area contributed by atoms with Crippen molar-refractivity contribution in [2.24, 2.45) is 10.7 Å². The van der Waals surface area contributed by atoms with Gasteiger partial charge in [0.1, 0.15) is 11.5 Å². The molecule has 0 atom stereocenters. The smallest absolute Gasteiger partial charge is 0.267 e. The van der Waals surface area contributed by atoms with E-state index in [9.17, 15) is 9.18 Å². The van der Waals surface area contributed by atoms with E-state index in [1.165, 1.54) is 0 Å². The second-order valence-electron chi connectivity index (χ2n) is 2.92. The lowest BCUT2D eigenvalue weighted by atomic mass is 10.1. The fourth-order valence-electron chi connectivity index (χ4n) is 1.42. The van der Waals surface area contributed by atoms with Gasteiger partial charge >= 0.3 is 0 Å². The predicted molar refractivity (Wildman–Crippen MR) is 53.5 cm³/mol. The summed E-state index contributed by atoms with van der Waals surface area (Å²) in [4.78, 5) is 14.8. The summed E-state index contributed by atoms with van der Waals surface area (Å²) in [7, 11) is 0. The fourth-order valence-corrected chi connectivity index (χ4v) is 1.75. The van der Waals surface area contributed by atoms with Gasteiger partial charge in [0, 0.05) is 5.56 Å². The van der Waals surface area contributed by atoms with Crippen LogP contribution < -0.4 is 5.73 Å². The van der Waals surface area contributed by atoms with Crippen molar-refractivity contribution in [2.45, 2.75) is 6.54 Å². The highest BCUT2D eigenvalue weighted by atomic mass is 79.9. The third kappa shape index (κ3) is 1.24. The molecule has 0 saturated heterocycles. The Morgan fingerprint density at radius 1 is 1.57 bits per heavy atom. The van der Waals surface area contributed by atoms with Crippen LogP contribution in [0.1, 0.15) is 11.1 Å². The number of amides is 1. The Morgan fingerprint density at radius 2 is 2.29 bits per heavy atom. The maximum absolute atomic E-state index is 13.6. The van der Waals surface area contributed by atoms with Gasteiger partial charge in [0.2, 0.25) is 0 Å². The molecule has 0 saturated carbocycles. The number of primary amides is 1. The number of aliphatic imine (C=N–C) groups is 1. The molecule has 1 heterocycles. The lowest BCUT2D eigenvalue weighted by molar-refractivity contribution is -0.111. The van der Waals surface area contributed by atoms with Crippen molar-refractivity contribution in [3.8, 4) is 0 Å². The standard InChI is InChI=1S/C9H6BrFN2O/c10-5-2-1-4-3-13-8(9(12)14)6(4)7(5)11/h1-2H,3H2,(H2,12,14). The Bertz CT molecular complexity index is 456. The highest BCUT2D eigenvalue weighted by Crippen LogP contribution is 2.27. The number of benzene rings is 1. The number of hydrogen-bond donors (Lipinski definition) is 1. The van der Waals surface area contributed by atoms with Crippen molar-refractivity contribution in [3.63, 3.8) is 0 Å². The third-order valence-electron chi connectivity index (χ3n) is 2.06. The molecule has 2 rings (SSSR count). The zero-order valence-corrected chi connectivity index (χ0v) is 8.64. The van der Waals surface area contributed by atoms with Crippen LogP contribution in [0.3, 0.4) is 0 Å². The van der Waals surface area contributed by atoms with Gasteiger partial charge in [0.25, 0.3) is 5.91 Å². The number of rotatable bonds is 1. The van der Waals surface area contributed by atoms with Crippen LogP contribution in [-0.2, 0) is 11.3 Å². The molecule has 1 aliphatic heterocycles. The van der Waals surface area contributed by atoms with Crippen molar-refractivity contribution in [1.29, 1.82) is 0 Å².